The molecular formula is C15H20ClNO4. The van der Waals surface area contributed by atoms with E-state index in [-0.39, 0.29) is 12.0 Å². The van der Waals surface area contributed by atoms with E-state index < -0.39 is 0 Å². The number of ether oxygens (including phenoxy) is 3. The average Bonchev–Trinajstić information content (AvgIpc) is 2.52. The number of benzene rings is 1. The van der Waals surface area contributed by atoms with Gasteiger partial charge in [-0.1, -0.05) is 18.5 Å². The van der Waals surface area contributed by atoms with Crippen molar-refractivity contribution in [3.8, 4) is 5.75 Å². The summed E-state index contributed by atoms with van der Waals surface area (Å²) in [4.78, 5) is 12.1. The summed E-state index contributed by atoms with van der Waals surface area (Å²) in [6.07, 6.45) is 0.813. The second kappa shape index (κ2) is 8.22. The number of carbonyl (C=O) groups excluding carboxylic acids is 1. The van der Waals surface area contributed by atoms with Crippen LogP contribution in [0.5, 0.6) is 5.75 Å². The summed E-state index contributed by atoms with van der Waals surface area (Å²) in [5.41, 5.74) is 0.501. The molecule has 2 rings (SSSR count). The molecule has 1 fully saturated rings. The molecule has 1 atom stereocenters. The van der Waals surface area contributed by atoms with Gasteiger partial charge >= 0.3 is 0 Å². The first-order chi connectivity index (χ1) is 10.2. The lowest BCUT2D eigenvalue weighted by Crippen LogP contribution is -2.39. The van der Waals surface area contributed by atoms with Gasteiger partial charge in [-0.05, 0) is 24.6 Å². The second-order valence-electron chi connectivity index (χ2n) is 4.77. The Morgan fingerprint density at radius 1 is 1.48 bits per heavy atom. The van der Waals surface area contributed by atoms with Gasteiger partial charge in [0.2, 0.25) is 0 Å². The molecular weight excluding hydrogens is 294 g/mol. The van der Waals surface area contributed by atoms with Crippen LogP contribution in [0, 0.1) is 0 Å². The highest BCUT2D eigenvalue weighted by atomic mass is 35.5. The first-order valence-electron chi connectivity index (χ1n) is 7.10. The summed E-state index contributed by atoms with van der Waals surface area (Å²) in [5, 5.41) is 3.25. The lowest BCUT2D eigenvalue weighted by Gasteiger charge is -2.23. The van der Waals surface area contributed by atoms with Crippen LogP contribution >= 0.6 is 11.6 Å². The van der Waals surface area contributed by atoms with Gasteiger partial charge in [0.15, 0.2) is 0 Å². The summed E-state index contributed by atoms with van der Waals surface area (Å²) < 4.78 is 16.2. The van der Waals surface area contributed by atoms with Crippen LogP contribution in [0.25, 0.3) is 0 Å². The molecule has 0 saturated carbocycles. The molecule has 0 aliphatic carbocycles. The monoisotopic (exact) mass is 313 g/mol. The van der Waals surface area contributed by atoms with Gasteiger partial charge < -0.3 is 19.5 Å². The molecule has 116 valence electrons. The third kappa shape index (κ3) is 4.88. The maximum Gasteiger partial charge on any atom is 0.251 e. The number of nitrogens with one attached hydrogen (secondary N) is 1. The fraction of sp³-hybridized carbons (Fsp3) is 0.533. The number of carbonyl (C=O) groups is 1. The molecule has 1 aromatic carbocycles. The Morgan fingerprint density at radius 2 is 2.33 bits per heavy atom. The van der Waals surface area contributed by atoms with Gasteiger partial charge in [0.1, 0.15) is 5.75 Å². The number of hydrogen-bond acceptors (Lipinski definition) is 4. The van der Waals surface area contributed by atoms with Gasteiger partial charge in [0, 0.05) is 12.1 Å². The van der Waals surface area contributed by atoms with E-state index in [0.29, 0.717) is 49.3 Å². The fourth-order valence-electron chi connectivity index (χ4n) is 1.93. The summed E-state index contributed by atoms with van der Waals surface area (Å²) in [5.74, 6) is 0.409. The molecule has 1 aromatic rings. The summed E-state index contributed by atoms with van der Waals surface area (Å²) in [7, 11) is 0. The maximum absolute atomic E-state index is 12.1. The Labute approximate surface area is 129 Å². The van der Waals surface area contributed by atoms with Crippen molar-refractivity contribution in [1.29, 1.82) is 0 Å². The van der Waals surface area contributed by atoms with Crippen molar-refractivity contribution < 1.29 is 19.0 Å². The Hall–Kier alpha value is -1.30. The number of rotatable bonds is 6. The summed E-state index contributed by atoms with van der Waals surface area (Å²) in [6, 6.07) is 5.03. The molecule has 1 aliphatic rings. The molecule has 0 bridgehead atoms. The van der Waals surface area contributed by atoms with Crippen LogP contribution in [0.1, 0.15) is 23.7 Å². The third-order valence-corrected chi connectivity index (χ3v) is 3.33. The highest BCUT2D eigenvalue weighted by Gasteiger charge is 2.16. The Bertz CT molecular complexity index is 475. The minimum Gasteiger partial charge on any atom is -0.492 e. The number of halogens is 1. The predicted octanol–water partition coefficient (Wildman–Crippen LogP) is 2.27. The van der Waals surface area contributed by atoms with Crippen LogP contribution in [0.15, 0.2) is 18.2 Å². The quantitative estimate of drug-likeness (QED) is 0.875. The Kier molecular flexibility index (Phi) is 6.29. The van der Waals surface area contributed by atoms with E-state index in [1.165, 1.54) is 0 Å². The molecule has 1 heterocycles. The van der Waals surface area contributed by atoms with Crippen molar-refractivity contribution in [1.82, 2.24) is 5.32 Å². The predicted molar refractivity (Wildman–Crippen MR) is 80.1 cm³/mol. The van der Waals surface area contributed by atoms with E-state index in [9.17, 15) is 4.79 Å². The summed E-state index contributed by atoms with van der Waals surface area (Å²) >= 11 is 6.11. The Balaban J connectivity index is 1.88. The van der Waals surface area contributed by atoms with Crippen LogP contribution in [0.4, 0.5) is 0 Å². The lowest BCUT2D eigenvalue weighted by molar-refractivity contribution is -0.0855. The fourth-order valence-corrected chi connectivity index (χ4v) is 2.17. The minimum atomic E-state index is -0.187. The van der Waals surface area contributed by atoms with E-state index in [4.69, 9.17) is 25.8 Å². The lowest BCUT2D eigenvalue weighted by atomic mass is 10.2. The normalized spacial score (nSPS) is 18.3. The van der Waals surface area contributed by atoms with E-state index in [0.717, 1.165) is 6.42 Å². The van der Waals surface area contributed by atoms with Gasteiger partial charge in [0.25, 0.3) is 5.91 Å². The summed E-state index contributed by atoms with van der Waals surface area (Å²) in [6.45, 7) is 4.72. The highest BCUT2D eigenvalue weighted by molar-refractivity contribution is 6.32. The molecule has 0 unspecified atom stereocenters. The molecule has 0 aromatic heterocycles. The molecule has 5 nitrogen and oxygen atoms in total. The van der Waals surface area contributed by atoms with Gasteiger partial charge in [-0.2, -0.15) is 0 Å². The molecule has 1 aliphatic heterocycles. The smallest absolute Gasteiger partial charge is 0.251 e. The molecule has 1 N–H and O–H groups in total. The highest BCUT2D eigenvalue weighted by Crippen LogP contribution is 2.25. The molecule has 1 saturated heterocycles. The van der Waals surface area contributed by atoms with Gasteiger partial charge in [-0.3, -0.25) is 4.79 Å². The maximum atomic E-state index is 12.1. The largest absolute Gasteiger partial charge is 0.492 e. The first kappa shape index (κ1) is 16.1. The standard InChI is InChI=1S/C15H20ClNO4/c1-2-5-21-14-4-3-11(8-13(14)16)15(18)17-9-12-10-19-6-7-20-12/h3-4,8,12H,2,5-7,9-10H2,1H3,(H,17,18)/t12-/m1/s1. The number of hydrogen-bond donors (Lipinski definition) is 1. The average molecular weight is 314 g/mol. The van der Waals surface area contributed by atoms with Gasteiger partial charge in [-0.25, -0.2) is 0 Å². The van der Waals surface area contributed by atoms with Crippen LogP contribution < -0.4 is 10.1 Å². The topological polar surface area (TPSA) is 56.8 Å². The van der Waals surface area contributed by atoms with E-state index in [2.05, 4.69) is 5.32 Å². The van der Waals surface area contributed by atoms with Crippen molar-refractivity contribution in [3.63, 3.8) is 0 Å². The van der Waals surface area contributed by atoms with Crippen molar-refractivity contribution in [2.45, 2.75) is 19.4 Å². The third-order valence-electron chi connectivity index (χ3n) is 3.03. The van der Waals surface area contributed by atoms with Gasteiger partial charge in [-0.15, -0.1) is 0 Å². The Morgan fingerprint density at radius 3 is 3.00 bits per heavy atom. The van der Waals surface area contributed by atoms with E-state index in [1.807, 2.05) is 6.92 Å². The molecule has 0 spiro atoms. The van der Waals surface area contributed by atoms with E-state index in [1.54, 1.807) is 18.2 Å². The second-order valence-corrected chi connectivity index (χ2v) is 5.18. The van der Waals surface area contributed by atoms with Crippen LogP contribution in [0.3, 0.4) is 0 Å². The van der Waals surface area contributed by atoms with Crippen molar-refractivity contribution in [3.05, 3.63) is 28.8 Å². The molecule has 0 radical (unpaired) electrons. The van der Waals surface area contributed by atoms with Crippen LogP contribution in [-0.2, 0) is 9.47 Å². The van der Waals surface area contributed by atoms with E-state index >= 15 is 0 Å². The number of amides is 1. The molecule has 1 amide bonds. The van der Waals surface area contributed by atoms with Crippen molar-refractivity contribution >= 4 is 17.5 Å². The van der Waals surface area contributed by atoms with Crippen LogP contribution in [-0.4, -0.2) is 45.0 Å². The zero-order valence-corrected chi connectivity index (χ0v) is 12.8. The zero-order chi connectivity index (χ0) is 15.1. The van der Waals surface area contributed by atoms with Gasteiger partial charge in [0.05, 0.1) is 37.6 Å². The van der Waals surface area contributed by atoms with Crippen molar-refractivity contribution in [2.24, 2.45) is 0 Å². The van der Waals surface area contributed by atoms with Crippen molar-refractivity contribution in [2.75, 3.05) is 33.0 Å². The zero-order valence-electron chi connectivity index (χ0n) is 12.1. The molecule has 21 heavy (non-hydrogen) atoms. The van der Waals surface area contributed by atoms with Crippen LogP contribution in [0.2, 0.25) is 5.02 Å². The minimum absolute atomic E-state index is 0.0923. The first-order valence-corrected chi connectivity index (χ1v) is 7.48. The molecule has 6 heteroatoms. The SMILES string of the molecule is CCCOc1ccc(C(=O)NC[C@@H]2COCCO2)cc1Cl.